The maximum atomic E-state index is 13.4. The second-order valence-corrected chi connectivity index (χ2v) is 9.96. The first-order valence-corrected chi connectivity index (χ1v) is 13.1. The normalized spacial score (nSPS) is 19.4. The smallest absolute Gasteiger partial charge is 0.327 e. The van der Waals surface area contributed by atoms with E-state index in [1.807, 2.05) is 35.2 Å². The first kappa shape index (κ1) is 26.8. The number of imide groups is 1. The van der Waals surface area contributed by atoms with Crippen LogP contribution in [-0.4, -0.2) is 61.0 Å². The van der Waals surface area contributed by atoms with Crippen LogP contribution in [0.1, 0.15) is 43.2 Å². The molecule has 1 N–H and O–H groups in total. The average molecular weight is 528 g/mol. The van der Waals surface area contributed by atoms with E-state index in [-0.39, 0.29) is 42.8 Å². The largest absolute Gasteiger partial charge is 0.493 e. The molecule has 2 atom stereocenters. The van der Waals surface area contributed by atoms with Crippen LogP contribution >= 0.6 is 11.6 Å². The maximum absolute atomic E-state index is 13.4. The van der Waals surface area contributed by atoms with Crippen molar-refractivity contribution in [2.24, 2.45) is 5.92 Å². The molecule has 1 aliphatic heterocycles. The molecule has 1 saturated carbocycles. The van der Waals surface area contributed by atoms with Crippen molar-refractivity contribution >= 4 is 29.4 Å². The summed E-state index contributed by atoms with van der Waals surface area (Å²) in [6.07, 6.45) is 4.24. The van der Waals surface area contributed by atoms with Gasteiger partial charge in [-0.25, -0.2) is 4.79 Å². The molecule has 8 nitrogen and oxygen atoms in total. The highest BCUT2D eigenvalue weighted by molar-refractivity contribution is 6.30. The van der Waals surface area contributed by atoms with Gasteiger partial charge in [-0.2, -0.15) is 0 Å². The average Bonchev–Trinajstić information content (AvgIpc) is 2.92. The van der Waals surface area contributed by atoms with E-state index in [1.165, 1.54) is 4.90 Å². The number of urea groups is 1. The van der Waals surface area contributed by atoms with E-state index in [4.69, 9.17) is 21.1 Å². The predicted molar refractivity (Wildman–Crippen MR) is 141 cm³/mol. The molecule has 1 aliphatic carbocycles. The third-order valence-electron chi connectivity index (χ3n) is 7.20. The zero-order valence-electron chi connectivity index (χ0n) is 21.4. The fraction of sp³-hybridized carbons (Fsp3) is 0.464. The number of hydrogen-bond donors (Lipinski definition) is 1. The molecule has 37 heavy (non-hydrogen) atoms. The van der Waals surface area contributed by atoms with Crippen molar-refractivity contribution in [3.8, 4) is 11.5 Å². The summed E-state index contributed by atoms with van der Waals surface area (Å²) >= 11 is 6.02. The minimum absolute atomic E-state index is 0.0651. The third kappa shape index (κ3) is 6.36. The molecule has 4 amide bonds. The fourth-order valence-corrected chi connectivity index (χ4v) is 5.35. The highest BCUT2D eigenvalue weighted by atomic mass is 35.5. The lowest BCUT2D eigenvalue weighted by molar-refractivity contribution is -0.141. The van der Waals surface area contributed by atoms with E-state index < -0.39 is 0 Å². The number of carbonyl (C=O) groups excluding carboxylic acids is 3. The summed E-state index contributed by atoms with van der Waals surface area (Å²) in [6, 6.07) is 12.6. The molecule has 0 aromatic heterocycles. The number of methoxy groups -OCH3 is 2. The summed E-state index contributed by atoms with van der Waals surface area (Å²) in [5.74, 6) is 0.720. The molecule has 0 radical (unpaired) electrons. The number of rotatable bonds is 10. The van der Waals surface area contributed by atoms with Gasteiger partial charge in [0.25, 0.3) is 0 Å². The van der Waals surface area contributed by atoms with Gasteiger partial charge >= 0.3 is 6.03 Å². The molecule has 2 aromatic rings. The van der Waals surface area contributed by atoms with E-state index in [2.05, 4.69) is 5.32 Å². The van der Waals surface area contributed by atoms with Gasteiger partial charge in [-0.3, -0.25) is 14.5 Å². The van der Waals surface area contributed by atoms with Crippen molar-refractivity contribution in [2.45, 2.75) is 51.1 Å². The van der Waals surface area contributed by atoms with Gasteiger partial charge < -0.3 is 19.7 Å². The van der Waals surface area contributed by atoms with E-state index in [1.54, 1.807) is 26.4 Å². The van der Waals surface area contributed by atoms with Gasteiger partial charge in [0.2, 0.25) is 11.8 Å². The second kappa shape index (κ2) is 12.3. The van der Waals surface area contributed by atoms with Crippen molar-refractivity contribution in [1.29, 1.82) is 0 Å². The molecular weight excluding hydrogens is 494 g/mol. The Kier molecular flexibility index (Phi) is 8.92. The van der Waals surface area contributed by atoms with Gasteiger partial charge in [0, 0.05) is 37.1 Å². The quantitative estimate of drug-likeness (QED) is 0.494. The highest BCUT2D eigenvalue weighted by Crippen LogP contribution is 2.35. The van der Waals surface area contributed by atoms with Crippen LogP contribution in [0.3, 0.4) is 0 Å². The van der Waals surface area contributed by atoms with Crippen molar-refractivity contribution in [2.75, 3.05) is 27.3 Å². The van der Waals surface area contributed by atoms with Gasteiger partial charge in [0.05, 0.1) is 20.1 Å². The summed E-state index contributed by atoms with van der Waals surface area (Å²) in [5, 5.41) is 3.53. The van der Waals surface area contributed by atoms with Crippen molar-refractivity contribution < 1.29 is 23.9 Å². The van der Waals surface area contributed by atoms with Crippen LogP contribution in [0.2, 0.25) is 5.02 Å². The van der Waals surface area contributed by atoms with Gasteiger partial charge in [-0.05, 0) is 54.7 Å². The zero-order chi connectivity index (χ0) is 26.4. The van der Waals surface area contributed by atoms with Crippen LogP contribution in [-0.2, 0) is 22.6 Å². The van der Waals surface area contributed by atoms with Crippen LogP contribution in [0.5, 0.6) is 11.5 Å². The lowest BCUT2D eigenvalue weighted by atomic mass is 9.81. The summed E-state index contributed by atoms with van der Waals surface area (Å²) in [6.45, 7) is 0.919. The fourth-order valence-electron chi connectivity index (χ4n) is 5.23. The lowest BCUT2D eigenvalue weighted by Crippen LogP contribution is -2.62. The number of amides is 4. The molecule has 9 heteroatoms. The van der Waals surface area contributed by atoms with E-state index in [0.29, 0.717) is 36.0 Å². The summed E-state index contributed by atoms with van der Waals surface area (Å²) in [4.78, 5) is 42.3. The summed E-state index contributed by atoms with van der Waals surface area (Å²) < 4.78 is 10.6. The molecular formula is C28H34ClN3O5. The van der Waals surface area contributed by atoms with Gasteiger partial charge in [0.15, 0.2) is 11.5 Å². The van der Waals surface area contributed by atoms with Crippen LogP contribution in [0.4, 0.5) is 4.79 Å². The Balaban J connectivity index is 1.34. The molecule has 0 spiro atoms. The highest BCUT2D eigenvalue weighted by Gasteiger charge is 2.46. The number of carbonyl (C=O) groups is 3. The number of fused-ring (bicyclic) bond motifs is 1. The first-order chi connectivity index (χ1) is 17.9. The third-order valence-corrected chi connectivity index (χ3v) is 7.45. The van der Waals surface area contributed by atoms with Crippen LogP contribution in [0.25, 0.3) is 0 Å². The lowest BCUT2D eigenvalue weighted by Gasteiger charge is -2.47. The van der Waals surface area contributed by atoms with Crippen LogP contribution < -0.4 is 14.8 Å². The summed E-state index contributed by atoms with van der Waals surface area (Å²) in [7, 11) is 3.17. The standard InChI is InChI=1S/C28H34ClN3O5/c1-36-24-12-9-19(17-25(24)37-2)13-15-30-26(33)14-16-31-27(34)22-5-3-4-6-23(22)32(28(31)35)18-20-7-10-21(29)11-8-20/h7-12,17,22-23H,3-6,13-16,18H2,1-2H3,(H,30,33). The van der Waals surface area contributed by atoms with Gasteiger partial charge in [0.1, 0.15) is 0 Å². The first-order valence-electron chi connectivity index (χ1n) is 12.7. The van der Waals surface area contributed by atoms with E-state index in [9.17, 15) is 14.4 Å². The maximum Gasteiger partial charge on any atom is 0.327 e. The molecule has 0 bridgehead atoms. The van der Waals surface area contributed by atoms with Crippen molar-refractivity contribution in [3.05, 3.63) is 58.6 Å². The van der Waals surface area contributed by atoms with E-state index >= 15 is 0 Å². The Morgan fingerprint density at radius 2 is 1.70 bits per heavy atom. The Labute approximate surface area is 222 Å². The molecule has 2 aromatic carbocycles. The molecule has 2 aliphatic rings. The monoisotopic (exact) mass is 527 g/mol. The number of hydrogen-bond acceptors (Lipinski definition) is 5. The Hall–Kier alpha value is -3.26. The predicted octanol–water partition coefficient (Wildman–Crippen LogP) is 4.43. The Morgan fingerprint density at radius 3 is 2.43 bits per heavy atom. The number of ether oxygens (including phenoxy) is 2. The number of benzene rings is 2. The molecule has 4 rings (SSSR count). The SMILES string of the molecule is COc1ccc(CCNC(=O)CCN2C(=O)C3CCCCC3N(Cc3ccc(Cl)cc3)C2=O)cc1OC. The topological polar surface area (TPSA) is 88.2 Å². The second-order valence-electron chi connectivity index (χ2n) is 9.52. The molecule has 2 unspecified atom stereocenters. The minimum atomic E-state index is -0.318. The molecule has 2 fully saturated rings. The van der Waals surface area contributed by atoms with Gasteiger partial charge in [-0.15, -0.1) is 0 Å². The zero-order valence-corrected chi connectivity index (χ0v) is 22.1. The van der Waals surface area contributed by atoms with Crippen LogP contribution in [0.15, 0.2) is 42.5 Å². The molecule has 1 heterocycles. The Bertz CT molecular complexity index is 1120. The molecule has 1 saturated heterocycles. The summed E-state index contributed by atoms with van der Waals surface area (Å²) in [5.41, 5.74) is 1.96. The van der Waals surface area contributed by atoms with Crippen molar-refractivity contribution in [1.82, 2.24) is 15.1 Å². The van der Waals surface area contributed by atoms with Crippen molar-refractivity contribution in [3.63, 3.8) is 0 Å². The molecule has 198 valence electrons. The Morgan fingerprint density at radius 1 is 1.00 bits per heavy atom. The minimum Gasteiger partial charge on any atom is -0.493 e. The van der Waals surface area contributed by atoms with E-state index in [0.717, 1.165) is 36.8 Å². The van der Waals surface area contributed by atoms with Gasteiger partial charge in [-0.1, -0.05) is 42.6 Å². The van der Waals surface area contributed by atoms with Crippen LogP contribution in [0, 0.1) is 5.92 Å². The number of halogens is 1. The number of nitrogens with zero attached hydrogens (tertiary/aromatic N) is 2. The number of nitrogens with one attached hydrogen (secondary N) is 1.